The number of aromatic nitrogens is 4. The fourth-order valence-electron chi connectivity index (χ4n) is 3.44. The molecule has 0 radical (unpaired) electrons. The fraction of sp³-hybridized carbons (Fsp3) is 0.389. The van der Waals surface area contributed by atoms with Crippen LogP contribution in [0.5, 0.6) is 0 Å². The van der Waals surface area contributed by atoms with Crippen molar-refractivity contribution in [2.45, 2.75) is 37.5 Å². The number of imidazole rings is 1. The largest absolute Gasteiger partial charge is 0.394 e. The first-order valence-corrected chi connectivity index (χ1v) is 10.1. The van der Waals surface area contributed by atoms with Gasteiger partial charge in [-0.25, -0.2) is 4.98 Å². The molecule has 4 atom stereocenters. The van der Waals surface area contributed by atoms with Crippen LogP contribution in [0.2, 0.25) is 0 Å². The molecule has 0 saturated carbocycles. The summed E-state index contributed by atoms with van der Waals surface area (Å²) in [5, 5.41) is 33.8. The van der Waals surface area contributed by atoms with Crippen LogP contribution in [-0.4, -0.2) is 59.3 Å². The summed E-state index contributed by atoms with van der Waals surface area (Å²) in [5.74, 6) is 0.479. The maximum Gasteiger partial charge on any atom is 0.224 e. The Balaban J connectivity index is 1.75. The average molecular weight is 512 g/mol. The minimum absolute atomic E-state index is 0.0301. The number of anilines is 2. The van der Waals surface area contributed by atoms with E-state index in [2.05, 4.69) is 20.3 Å². The maximum atomic E-state index is 10.8. The van der Waals surface area contributed by atoms with Crippen molar-refractivity contribution in [3.63, 3.8) is 0 Å². The van der Waals surface area contributed by atoms with Crippen LogP contribution in [0.4, 0.5) is 11.8 Å². The Morgan fingerprint density at radius 1 is 1.28 bits per heavy atom. The molecule has 11 heteroatoms. The first kappa shape index (κ1) is 20.2. The summed E-state index contributed by atoms with van der Waals surface area (Å²) < 4.78 is 7.75. The summed E-state index contributed by atoms with van der Waals surface area (Å²) in [6, 6.07) is 9.80. The van der Waals surface area contributed by atoms with E-state index in [4.69, 9.17) is 10.5 Å². The first-order valence-electron chi connectivity index (χ1n) is 8.98. The van der Waals surface area contributed by atoms with E-state index < -0.39 is 30.6 Å². The second kappa shape index (κ2) is 7.65. The molecule has 10 nitrogen and oxygen atoms in total. The number of ether oxygens (including phenoxy) is 1. The predicted octanol–water partition coefficient (Wildman–Crippen LogP) is 0.627. The predicted molar refractivity (Wildman–Crippen MR) is 114 cm³/mol. The summed E-state index contributed by atoms with van der Waals surface area (Å²) in [5.41, 5.74) is 6.12. The number of nitrogens with one attached hydrogen (secondary N) is 1. The zero-order chi connectivity index (χ0) is 20.8. The van der Waals surface area contributed by atoms with Gasteiger partial charge in [0, 0.05) is 29.1 Å². The van der Waals surface area contributed by atoms with Crippen LogP contribution >= 0.6 is 22.6 Å². The maximum absolute atomic E-state index is 10.8. The standard InChI is InChI=1S/C18H21IN6O4/c1-18(28)12(27)10(8-26)29-15(18)25-14-11(22-16(25)19)13(23-17(20)24-14)21-7-9-5-3-2-4-6-9/h2-6,10,12,15,26-28H,7-8H2,1H3,(H3,20,21,23,24)/t10-,12-,15-,18-/m1/s1. The second-order valence-electron chi connectivity index (χ2n) is 7.07. The van der Waals surface area contributed by atoms with E-state index in [0.717, 1.165) is 5.56 Å². The van der Waals surface area contributed by atoms with Gasteiger partial charge >= 0.3 is 0 Å². The van der Waals surface area contributed by atoms with Crippen LogP contribution in [0.25, 0.3) is 11.2 Å². The van der Waals surface area contributed by atoms with Gasteiger partial charge in [0.25, 0.3) is 0 Å². The molecule has 2 aromatic heterocycles. The molecule has 1 fully saturated rings. The summed E-state index contributed by atoms with van der Waals surface area (Å²) >= 11 is 1.99. The number of aliphatic hydroxyl groups excluding tert-OH is 2. The zero-order valence-electron chi connectivity index (χ0n) is 15.5. The van der Waals surface area contributed by atoms with Crippen LogP contribution in [0, 0.1) is 3.83 Å². The number of aliphatic hydroxyl groups is 3. The fourth-order valence-corrected chi connectivity index (χ4v) is 4.16. The Labute approximate surface area is 179 Å². The van der Waals surface area contributed by atoms with Crippen molar-refractivity contribution in [3.05, 3.63) is 39.7 Å². The van der Waals surface area contributed by atoms with Crippen molar-refractivity contribution in [1.29, 1.82) is 0 Å². The lowest BCUT2D eigenvalue weighted by Gasteiger charge is -2.27. The third kappa shape index (κ3) is 3.53. The molecule has 154 valence electrons. The molecular formula is C18H21IN6O4. The van der Waals surface area contributed by atoms with Crippen molar-refractivity contribution in [2.24, 2.45) is 0 Å². The Morgan fingerprint density at radius 3 is 2.66 bits per heavy atom. The van der Waals surface area contributed by atoms with Gasteiger partial charge in [-0.1, -0.05) is 30.3 Å². The highest BCUT2D eigenvalue weighted by molar-refractivity contribution is 14.1. The van der Waals surface area contributed by atoms with Crippen molar-refractivity contribution < 1.29 is 20.1 Å². The van der Waals surface area contributed by atoms with E-state index in [0.29, 0.717) is 27.4 Å². The van der Waals surface area contributed by atoms with E-state index in [9.17, 15) is 15.3 Å². The van der Waals surface area contributed by atoms with Crippen molar-refractivity contribution >= 4 is 45.5 Å². The number of hydrogen-bond donors (Lipinski definition) is 5. The number of nitrogens with zero attached hydrogens (tertiary/aromatic N) is 4. The number of benzene rings is 1. The van der Waals surface area contributed by atoms with Gasteiger partial charge in [0.15, 0.2) is 27.0 Å². The molecule has 1 aliphatic rings. The molecule has 1 saturated heterocycles. The quantitative estimate of drug-likeness (QED) is 0.245. The van der Waals surface area contributed by atoms with Gasteiger partial charge in [0.1, 0.15) is 17.8 Å². The monoisotopic (exact) mass is 512 g/mol. The Morgan fingerprint density at radius 2 is 2.00 bits per heavy atom. The third-order valence-electron chi connectivity index (χ3n) is 4.99. The minimum Gasteiger partial charge on any atom is -0.394 e. The zero-order valence-corrected chi connectivity index (χ0v) is 17.7. The summed E-state index contributed by atoms with van der Waals surface area (Å²) in [6.45, 7) is 1.52. The lowest BCUT2D eigenvalue weighted by molar-refractivity contribution is -0.0961. The number of fused-ring (bicyclic) bond motifs is 1. The van der Waals surface area contributed by atoms with Gasteiger partial charge in [-0.05, 0) is 12.5 Å². The number of rotatable bonds is 5. The minimum atomic E-state index is -1.67. The van der Waals surface area contributed by atoms with Gasteiger partial charge in [-0.3, -0.25) is 4.57 Å². The molecule has 0 spiro atoms. The highest BCUT2D eigenvalue weighted by atomic mass is 127. The van der Waals surface area contributed by atoms with Crippen LogP contribution < -0.4 is 11.1 Å². The summed E-state index contributed by atoms with van der Waals surface area (Å²) in [7, 11) is 0. The Hall–Kier alpha value is -2.06. The van der Waals surface area contributed by atoms with Gasteiger partial charge < -0.3 is 31.1 Å². The van der Waals surface area contributed by atoms with Crippen molar-refractivity contribution in [1.82, 2.24) is 19.5 Å². The highest BCUT2D eigenvalue weighted by Crippen LogP contribution is 2.41. The van der Waals surface area contributed by atoms with Crippen LogP contribution in [0.1, 0.15) is 18.7 Å². The molecule has 4 rings (SSSR count). The van der Waals surface area contributed by atoms with Gasteiger partial charge in [0.2, 0.25) is 5.95 Å². The van der Waals surface area contributed by atoms with Crippen LogP contribution in [-0.2, 0) is 11.3 Å². The topological polar surface area (TPSA) is 152 Å². The van der Waals surface area contributed by atoms with E-state index in [1.54, 1.807) is 4.57 Å². The van der Waals surface area contributed by atoms with Crippen molar-refractivity contribution in [2.75, 3.05) is 17.7 Å². The SMILES string of the molecule is C[C@@]1(O)[C@H](O)[C@@H](CO)O[C@H]1n1c(I)nc2c(NCc3ccccc3)nc(N)nc21. The molecule has 3 aromatic rings. The molecule has 0 bridgehead atoms. The van der Waals surface area contributed by atoms with Crippen LogP contribution in [0.15, 0.2) is 30.3 Å². The van der Waals surface area contributed by atoms with E-state index in [1.807, 2.05) is 52.9 Å². The molecule has 0 amide bonds. The number of nitrogens with two attached hydrogens (primary N) is 1. The summed E-state index contributed by atoms with van der Waals surface area (Å²) in [6.07, 6.45) is -3.22. The first-order chi connectivity index (χ1) is 13.8. The number of halogens is 1. The molecule has 0 unspecified atom stereocenters. The smallest absolute Gasteiger partial charge is 0.224 e. The highest BCUT2D eigenvalue weighted by Gasteiger charge is 2.53. The normalized spacial score (nSPS) is 26.9. The molecule has 1 aromatic carbocycles. The lowest BCUT2D eigenvalue weighted by atomic mass is 9.96. The van der Waals surface area contributed by atoms with Gasteiger partial charge in [0.05, 0.1) is 6.61 Å². The average Bonchev–Trinajstić information content (AvgIpc) is 3.13. The molecule has 0 aliphatic carbocycles. The molecule has 29 heavy (non-hydrogen) atoms. The van der Waals surface area contributed by atoms with Gasteiger partial charge in [-0.2, -0.15) is 9.97 Å². The number of hydrogen-bond acceptors (Lipinski definition) is 9. The molecule has 3 heterocycles. The van der Waals surface area contributed by atoms with E-state index in [-0.39, 0.29) is 5.95 Å². The van der Waals surface area contributed by atoms with Gasteiger partial charge in [-0.15, -0.1) is 0 Å². The van der Waals surface area contributed by atoms with E-state index in [1.165, 1.54) is 6.92 Å². The Bertz CT molecular complexity index is 1030. The molecule has 6 N–H and O–H groups in total. The molecule has 1 aliphatic heterocycles. The van der Waals surface area contributed by atoms with Crippen molar-refractivity contribution in [3.8, 4) is 0 Å². The molecular weight excluding hydrogens is 491 g/mol. The Kier molecular flexibility index (Phi) is 5.33. The second-order valence-corrected chi connectivity index (χ2v) is 8.04. The third-order valence-corrected chi connectivity index (χ3v) is 5.75. The lowest BCUT2D eigenvalue weighted by Crippen LogP contribution is -2.44. The number of nitrogen functional groups attached to an aromatic ring is 1. The van der Waals surface area contributed by atoms with E-state index >= 15 is 0 Å². The summed E-state index contributed by atoms with van der Waals surface area (Å²) in [4.78, 5) is 13.1. The van der Waals surface area contributed by atoms with Crippen LogP contribution in [0.3, 0.4) is 0 Å².